The quantitative estimate of drug-likeness (QED) is 0.736. The molecule has 0 bridgehead atoms. The highest BCUT2D eigenvalue weighted by molar-refractivity contribution is 7.89. The summed E-state index contributed by atoms with van der Waals surface area (Å²) in [6.07, 6.45) is 0.637. The van der Waals surface area contributed by atoms with Gasteiger partial charge in [0.05, 0.1) is 12.0 Å². The number of hydrogen-bond acceptors (Lipinski definition) is 4. The minimum Gasteiger partial charge on any atom is -0.497 e. The Morgan fingerprint density at radius 1 is 1.04 bits per heavy atom. The van der Waals surface area contributed by atoms with E-state index in [4.69, 9.17) is 4.74 Å². The van der Waals surface area contributed by atoms with Crippen molar-refractivity contribution in [2.75, 3.05) is 13.7 Å². The van der Waals surface area contributed by atoms with E-state index < -0.39 is 10.0 Å². The summed E-state index contributed by atoms with van der Waals surface area (Å²) in [6, 6.07) is 10.8. The molecule has 1 aliphatic rings. The third kappa shape index (κ3) is 3.10. The number of methoxy groups -OCH3 is 1. The van der Waals surface area contributed by atoms with Gasteiger partial charge in [0.25, 0.3) is 5.56 Å². The third-order valence-corrected chi connectivity index (χ3v) is 7.33. The largest absolute Gasteiger partial charge is 0.497 e. The molecule has 0 fully saturated rings. The minimum absolute atomic E-state index is 0.124. The van der Waals surface area contributed by atoms with E-state index in [2.05, 4.69) is 11.1 Å². The Labute approximate surface area is 163 Å². The van der Waals surface area contributed by atoms with Gasteiger partial charge in [-0.05, 0) is 78.7 Å². The Bertz CT molecular complexity index is 1250. The molecule has 1 N–H and O–H groups in total. The van der Waals surface area contributed by atoms with Gasteiger partial charge >= 0.3 is 0 Å². The van der Waals surface area contributed by atoms with Crippen molar-refractivity contribution in [3.05, 3.63) is 69.0 Å². The molecule has 2 aromatic carbocycles. The molecule has 6 nitrogen and oxygen atoms in total. The minimum atomic E-state index is -3.62. The third-order valence-electron chi connectivity index (χ3n) is 5.33. The van der Waals surface area contributed by atoms with Crippen LogP contribution in [0.25, 0.3) is 10.9 Å². The van der Waals surface area contributed by atoms with Crippen LogP contribution in [-0.2, 0) is 23.0 Å². The van der Waals surface area contributed by atoms with Crippen LogP contribution in [-0.4, -0.2) is 31.4 Å². The maximum Gasteiger partial charge on any atom is 0.251 e. The van der Waals surface area contributed by atoms with E-state index in [9.17, 15) is 13.2 Å². The van der Waals surface area contributed by atoms with Crippen molar-refractivity contribution in [3.8, 4) is 5.75 Å². The van der Waals surface area contributed by atoms with Crippen LogP contribution in [0.15, 0.2) is 46.1 Å². The SMILES string of the molecule is COc1ccc(S(=O)(=O)N2CCc3cc4cc(C)c(=O)[nH]c4cc3C2)c(C)c1. The smallest absolute Gasteiger partial charge is 0.251 e. The Morgan fingerprint density at radius 3 is 2.54 bits per heavy atom. The highest BCUT2D eigenvalue weighted by Crippen LogP contribution is 2.30. The van der Waals surface area contributed by atoms with Crippen LogP contribution in [0.5, 0.6) is 5.75 Å². The van der Waals surface area contributed by atoms with Gasteiger partial charge in [-0.25, -0.2) is 8.42 Å². The number of aryl methyl sites for hydroxylation is 2. The van der Waals surface area contributed by atoms with Crippen LogP contribution in [0.2, 0.25) is 0 Å². The zero-order valence-electron chi connectivity index (χ0n) is 16.1. The van der Waals surface area contributed by atoms with Crippen molar-refractivity contribution in [2.24, 2.45) is 0 Å². The first-order valence-corrected chi connectivity index (χ1v) is 10.5. The lowest BCUT2D eigenvalue weighted by Gasteiger charge is -2.29. The van der Waals surface area contributed by atoms with Crippen molar-refractivity contribution in [1.29, 1.82) is 0 Å². The molecule has 1 aliphatic heterocycles. The summed E-state index contributed by atoms with van der Waals surface area (Å²) in [5.41, 5.74) is 3.98. The van der Waals surface area contributed by atoms with Crippen molar-refractivity contribution >= 4 is 20.9 Å². The Morgan fingerprint density at radius 2 is 1.82 bits per heavy atom. The molecule has 0 aliphatic carbocycles. The standard InChI is InChI=1S/C21H22N2O4S/c1-13-9-18(27-3)4-5-20(13)28(25,26)23-7-6-15-10-16-8-14(2)21(24)22-19(16)11-17(15)12-23/h4-5,8-11H,6-7,12H2,1-3H3,(H,22,24). The predicted octanol–water partition coefficient (Wildman–Crippen LogP) is 2.90. The Hall–Kier alpha value is -2.64. The summed E-state index contributed by atoms with van der Waals surface area (Å²) < 4.78 is 33.1. The molecule has 146 valence electrons. The molecule has 4 rings (SSSR count). The number of aromatic nitrogens is 1. The molecule has 0 spiro atoms. The van der Waals surface area contributed by atoms with Gasteiger partial charge in [0.2, 0.25) is 10.0 Å². The lowest BCUT2D eigenvalue weighted by Crippen LogP contribution is -2.36. The molecule has 28 heavy (non-hydrogen) atoms. The second-order valence-electron chi connectivity index (χ2n) is 7.21. The Balaban J connectivity index is 1.72. The summed E-state index contributed by atoms with van der Waals surface area (Å²) in [5.74, 6) is 0.631. The first kappa shape index (κ1) is 18.7. The molecule has 3 aromatic rings. The molecular formula is C21H22N2O4S. The molecule has 0 radical (unpaired) electrons. The van der Waals surface area contributed by atoms with E-state index >= 15 is 0 Å². The number of sulfonamides is 1. The number of pyridine rings is 1. The first-order valence-electron chi connectivity index (χ1n) is 9.10. The fraction of sp³-hybridized carbons (Fsp3) is 0.286. The second kappa shape index (κ2) is 6.76. The van der Waals surface area contributed by atoms with Crippen molar-refractivity contribution in [3.63, 3.8) is 0 Å². The van der Waals surface area contributed by atoms with Crippen LogP contribution in [0.3, 0.4) is 0 Å². The van der Waals surface area contributed by atoms with Gasteiger partial charge in [-0.1, -0.05) is 0 Å². The molecule has 0 amide bonds. The number of nitrogens with zero attached hydrogens (tertiary/aromatic N) is 1. The summed E-state index contributed by atoms with van der Waals surface area (Å²) in [5, 5.41) is 0.971. The van der Waals surface area contributed by atoms with Gasteiger partial charge in [-0.15, -0.1) is 0 Å². The van der Waals surface area contributed by atoms with Crippen molar-refractivity contribution < 1.29 is 13.2 Å². The summed E-state index contributed by atoms with van der Waals surface area (Å²) in [7, 11) is -2.07. The van der Waals surface area contributed by atoms with Crippen LogP contribution in [0.1, 0.15) is 22.3 Å². The highest BCUT2D eigenvalue weighted by Gasteiger charge is 2.30. The van der Waals surface area contributed by atoms with Gasteiger partial charge < -0.3 is 9.72 Å². The van der Waals surface area contributed by atoms with E-state index in [-0.39, 0.29) is 12.1 Å². The van der Waals surface area contributed by atoms with Crippen LogP contribution in [0.4, 0.5) is 0 Å². The van der Waals surface area contributed by atoms with E-state index in [1.165, 1.54) is 4.31 Å². The molecule has 0 saturated carbocycles. The normalized spacial score (nSPS) is 14.8. The fourth-order valence-electron chi connectivity index (χ4n) is 3.73. The number of rotatable bonds is 3. The van der Waals surface area contributed by atoms with Crippen LogP contribution in [0, 0.1) is 13.8 Å². The number of benzene rings is 2. The van der Waals surface area contributed by atoms with E-state index in [0.717, 1.165) is 22.0 Å². The van der Waals surface area contributed by atoms with Crippen molar-refractivity contribution in [2.45, 2.75) is 31.7 Å². The van der Waals surface area contributed by atoms with Gasteiger partial charge in [0, 0.05) is 24.2 Å². The van der Waals surface area contributed by atoms with Gasteiger partial charge in [-0.2, -0.15) is 4.31 Å². The topological polar surface area (TPSA) is 79.5 Å². The number of fused-ring (bicyclic) bond motifs is 2. The van der Waals surface area contributed by atoms with E-state index in [0.29, 0.717) is 34.7 Å². The zero-order chi connectivity index (χ0) is 20.1. The average molecular weight is 398 g/mol. The number of ether oxygens (including phenoxy) is 1. The number of nitrogens with one attached hydrogen (secondary N) is 1. The monoisotopic (exact) mass is 398 g/mol. The van der Waals surface area contributed by atoms with Gasteiger partial charge in [0.15, 0.2) is 0 Å². The number of H-pyrrole nitrogens is 1. The maximum absolute atomic E-state index is 13.2. The second-order valence-corrected chi connectivity index (χ2v) is 9.12. The molecule has 0 unspecified atom stereocenters. The molecule has 0 saturated heterocycles. The predicted molar refractivity (Wildman–Crippen MR) is 108 cm³/mol. The maximum atomic E-state index is 13.2. The lowest BCUT2D eigenvalue weighted by atomic mass is 9.98. The summed E-state index contributed by atoms with van der Waals surface area (Å²) in [4.78, 5) is 15.1. The summed E-state index contributed by atoms with van der Waals surface area (Å²) in [6.45, 7) is 4.26. The van der Waals surface area contributed by atoms with Gasteiger partial charge in [0.1, 0.15) is 5.75 Å². The number of aromatic amines is 1. The first-order chi connectivity index (χ1) is 13.3. The van der Waals surface area contributed by atoms with Crippen LogP contribution < -0.4 is 10.3 Å². The Kier molecular flexibility index (Phi) is 4.51. The molecular weight excluding hydrogens is 376 g/mol. The van der Waals surface area contributed by atoms with E-state index in [1.807, 2.05) is 12.1 Å². The number of hydrogen-bond donors (Lipinski definition) is 1. The average Bonchev–Trinajstić information content (AvgIpc) is 2.66. The summed E-state index contributed by atoms with van der Waals surface area (Å²) >= 11 is 0. The van der Waals surface area contributed by atoms with Crippen LogP contribution >= 0.6 is 0 Å². The lowest BCUT2D eigenvalue weighted by molar-refractivity contribution is 0.391. The van der Waals surface area contributed by atoms with Gasteiger partial charge in [-0.3, -0.25) is 4.79 Å². The van der Waals surface area contributed by atoms with Crippen molar-refractivity contribution in [1.82, 2.24) is 9.29 Å². The molecule has 0 atom stereocenters. The highest BCUT2D eigenvalue weighted by atomic mass is 32.2. The zero-order valence-corrected chi connectivity index (χ0v) is 16.9. The molecule has 1 aromatic heterocycles. The fourth-order valence-corrected chi connectivity index (χ4v) is 5.36. The van der Waals surface area contributed by atoms with E-state index in [1.54, 1.807) is 39.2 Å². The molecule has 7 heteroatoms. The molecule has 2 heterocycles.